The Hall–Kier alpha value is -2.36. The average molecular weight is 315 g/mol. The third kappa shape index (κ3) is 3.40. The minimum Gasteiger partial charge on any atom is -0.505 e. The van der Waals surface area contributed by atoms with Gasteiger partial charge in [-0.3, -0.25) is 5.41 Å². The van der Waals surface area contributed by atoms with Crippen molar-refractivity contribution in [1.82, 2.24) is 15.2 Å². The second-order valence-corrected chi connectivity index (χ2v) is 4.82. The van der Waals surface area contributed by atoms with Gasteiger partial charge in [0.15, 0.2) is 0 Å². The van der Waals surface area contributed by atoms with Crippen LogP contribution in [0.1, 0.15) is 11.1 Å². The number of nitrogen functional groups attached to an aromatic ring is 1. The van der Waals surface area contributed by atoms with Crippen molar-refractivity contribution in [3.63, 3.8) is 0 Å². The van der Waals surface area contributed by atoms with Crippen molar-refractivity contribution in [2.45, 2.75) is 16.2 Å². The van der Waals surface area contributed by atoms with E-state index in [4.69, 9.17) is 11.1 Å². The standard InChI is InChI=1S/C11H8F3N5OS/c12-11(13,14)5-1-2-7(17-3-5)21-10-8(9(15)16)6(20)4-18-19-10/h1-4H,(H3,15,16)(H,19,20). The molecule has 0 aliphatic carbocycles. The van der Waals surface area contributed by atoms with Crippen molar-refractivity contribution >= 4 is 17.6 Å². The zero-order chi connectivity index (χ0) is 15.6. The Balaban J connectivity index is 2.31. The molecule has 0 aliphatic rings. The molecule has 0 aliphatic heterocycles. The molecule has 0 unspecified atom stereocenters. The molecule has 110 valence electrons. The second-order valence-electron chi connectivity index (χ2n) is 3.81. The fourth-order valence-corrected chi connectivity index (χ4v) is 2.24. The molecule has 2 heterocycles. The van der Waals surface area contributed by atoms with Crippen LogP contribution in [0.5, 0.6) is 5.75 Å². The molecule has 4 N–H and O–H groups in total. The number of nitrogens with zero attached hydrogens (tertiary/aromatic N) is 3. The molecular formula is C11H8F3N5OS. The van der Waals surface area contributed by atoms with Crippen LogP contribution in [0.25, 0.3) is 0 Å². The number of halogens is 3. The van der Waals surface area contributed by atoms with Crippen molar-refractivity contribution in [3.8, 4) is 5.75 Å². The molecule has 0 bridgehead atoms. The molecule has 2 rings (SSSR count). The number of hydrogen-bond acceptors (Lipinski definition) is 6. The molecule has 10 heteroatoms. The van der Waals surface area contributed by atoms with Crippen LogP contribution in [-0.4, -0.2) is 26.1 Å². The summed E-state index contributed by atoms with van der Waals surface area (Å²) < 4.78 is 37.3. The van der Waals surface area contributed by atoms with Crippen LogP contribution in [0.3, 0.4) is 0 Å². The lowest BCUT2D eigenvalue weighted by molar-refractivity contribution is -0.137. The van der Waals surface area contributed by atoms with Gasteiger partial charge >= 0.3 is 6.18 Å². The number of hydrogen-bond donors (Lipinski definition) is 3. The van der Waals surface area contributed by atoms with Crippen LogP contribution < -0.4 is 5.73 Å². The van der Waals surface area contributed by atoms with Gasteiger partial charge in [0, 0.05) is 6.20 Å². The van der Waals surface area contributed by atoms with Gasteiger partial charge in [-0.2, -0.15) is 18.3 Å². The van der Waals surface area contributed by atoms with Crippen LogP contribution in [0.15, 0.2) is 34.6 Å². The van der Waals surface area contributed by atoms with Crippen molar-refractivity contribution in [3.05, 3.63) is 35.7 Å². The zero-order valence-corrected chi connectivity index (χ0v) is 11.0. The smallest absolute Gasteiger partial charge is 0.417 e. The zero-order valence-electron chi connectivity index (χ0n) is 10.2. The van der Waals surface area contributed by atoms with E-state index < -0.39 is 17.6 Å². The molecule has 21 heavy (non-hydrogen) atoms. The van der Waals surface area contributed by atoms with Gasteiger partial charge in [0.25, 0.3) is 0 Å². The molecule has 0 saturated heterocycles. The van der Waals surface area contributed by atoms with E-state index in [1.807, 2.05) is 0 Å². The Labute approximate surface area is 120 Å². The van der Waals surface area contributed by atoms with Crippen LogP contribution >= 0.6 is 11.8 Å². The van der Waals surface area contributed by atoms with Crippen molar-refractivity contribution in [2.24, 2.45) is 5.73 Å². The maximum atomic E-state index is 12.4. The minimum atomic E-state index is -4.47. The molecular weight excluding hydrogens is 307 g/mol. The lowest BCUT2D eigenvalue weighted by Gasteiger charge is -2.08. The number of rotatable bonds is 3. The first-order valence-corrected chi connectivity index (χ1v) is 6.21. The molecule has 0 spiro atoms. The third-order valence-electron chi connectivity index (χ3n) is 2.33. The van der Waals surface area contributed by atoms with E-state index in [2.05, 4.69) is 15.2 Å². The van der Waals surface area contributed by atoms with E-state index in [-0.39, 0.29) is 21.4 Å². The molecule has 0 amide bonds. The summed E-state index contributed by atoms with van der Waals surface area (Å²) in [6.45, 7) is 0. The quantitative estimate of drug-likeness (QED) is 0.591. The van der Waals surface area contributed by atoms with Crippen LogP contribution in [0, 0.1) is 5.41 Å². The molecule has 2 aromatic heterocycles. The summed E-state index contributed by atoms with van der Waals surface area (Å²) in [5.74, 6) is -0.774. The highest BCUT2D eigenvalue weighted by atomic mass is 32.2. The van der Waals surface area contributed by atoms with Gasteiger partial charge < -0.3 is 10.8 Å². The number of amidine groups is 1. The number of alkyl halides is 3. The van der Waals surface area contributed by atoms with Gasteiger partial charge in [-0.25, -0.2) is 4.98 Å². The first-order valence-electron chi connectivity index (χ1n) is 5.39. The number of nitrogens with two attached hydrogens (primary N) is 1. The average Bonchev–Trinajstić information content (AvgIpc) is 2.38. The summed E-state index contributed by atoms with van der Waals surface area (Å²) in [6, 6.07) is 2.03. The predicted octanol–water partition coefficient (Wildman–Crippen LogP) is 2.03. The largest absolute Gasteiger partial charge is 0.505 e. The molecule has 2 aromatic rings. The Morgan fingerprint density at radius 1 is 1.29 bits per heavy atom. The molecule has 6 nitrogen and oxygen atoms in total. The molecule has 0 aromatic carbocycles. The maximum absolute atomic E-state index is 12.4. The van der Waals surface area contributed by atoms with E-state index in [1.54, 1.807) is 0 Å². The fourth-order valence-electron chi connectivity index (χ4n) is 1.39. The van der Waals surface area contributed by atoms with Crippen LogP contribution in [0.2, 0.25) is 0 Å². The summed E-state index contributed by atoms with van der Waals surface area (Å²) in [7, 11) is 0. The van der Waals surface area contributed by atoms with Gasteiger partial charge in [0.05, 0.1) is 17.3 Å². The SMILES string of the molecule is N=C(N)c1c(O)cnnc1Sc1ccc(C(F)(F)F)cn1. The first kappa shape index (κ1) is 15.0. The number of pyridine rings is 1. The maximum Gasteiger partial charge on any atom is 0.417 e. The highest BCUT2D eigenvalue weighted by Crippen LogP contribution is 2.33. The van der Waals surface area contributed by atoms with Gasteiger partial charge in [0.2, 0.25) is 0 Å². The van der Waals surface area contributed by atoms with Crippen molar-refractivity contribution in [2.75, 3.05) is 0 Å². The van der Waals surface area contributed by atoms with E-state index in [0.29, 0.717) is 6.20 Å². The van der Waals surface area contributed by atoms with E-state index >= 15 is 0 Å². The highest BCUT2D eigenvalue weighted by Gasteiger charge is 2.30. The van der Waals surface area contributed by atoms with Crippen molar-refractivity contribution in [1.29, 1.82) is 5.41 Å². The number of nitrogens with one attached hydrogen (secondary N) is 1. The van der Waals surface area contributed by atoms with Gasteiger partial charge in [0.1, 0.15) is 21.6 Å². The fraction of sp³-hybridized carbons (Fsp3) is 0.0909. The van der Waals surface area contributed by atoms with E-state index in [0.717, 1.165) is 30.1 Å². The van der Waals surface area contributed by atoms with Crippen molar-refractivity contribution < 1.29 is 18.3 Å². The topological polar surface area (TPSA) is 109 Å². The lowest BCUT2D eigenvalue weighted by Crippen LogP contribution is -2.14. The molecule has 0 fully saturated rings. The number of aromatic nitrogens is 3. The molecule has 0 atom stereocenters. The van der Waals surface area contributed by atoms with Gasteiger partial charge in [-0.1, -0.05) is 0 Å². The van der Waals surface area contributed by atoms with E-state index in [1.165, 1.54) is 0 Å². The Morgan fingerprint density at radius 2 is 2.00 bits per heavy atom. The summed E-state index contributed by atoms with van der Waals surface area (Å²) in [5.41, 5.74) is 4.40. The number of aromatic hydroxyl groups is 1. The first-order chi connectivity index (χ1) is 9.79. The Kier molecular flexibility index (Phi) is 3.98. The van der Waals surface area contributed by atoms with Crippen LogP contribution in [-0.2, 0) is 6.18 Å². The van der Waals surface area contributed by atoms with E-state index in [9.17, 15) is 18.3 Å². The lowest BCUT2D eigenvalue weighted by atomic mass is 10.3. The summed E-state index contributed by atoms with van der Waals surface area (Å²) >= 11 is 0.843. The summed E-state index contributed by atoms with van der Waals surface area (Å²) in [5, 5.41) is 24.4. The summed E-state index contributed by atoms with van der Waals surface area (Å²) in [6.07, 6.45) is -2.77. The normalized spacial score (nSPS) is 11.4. The second kappa shape index (κ2) is 5.56. The van der Waals surface area contributed by atoms with Gasteiger partial charge in [-0.15, -0.1) is 5.10 Å². The van der Waals surface area contributed by atoms with Gasteiger partial charge in [-0.05, 0) is 23.9 Å². The predicted molar refractivity (Wildman–Crippen MR) is 68.1 cm³/mol. The monoisotopic (exact) mass is 315 g/mol. The highest BCUT2D eigenvalue weighted by molar-refractivity contribution is 7.99. The Bertz CT molecular complexity index is 675. The Morgan fingerprint density at radius 3 is 2.52 bits per heavy atom. The molecule has 0 saturated carbocycles. The van der Waals surface area contributed by atoms with Crippen LogP contribution in [0.4, 0.5) is 13.2 Å². The third-order valence-corrected chi connectivity index (χ3v) is 3.26. The molecule has 0 radical (unpaired) electrons. The summed E-state index contributed by atoms with van der Waals surface area (Å²) in [4.78, 5) is 3.65. The minimum absolute atomic E-state index is 0.0447.